The number of morpholine rings is 1. The molecule has 1 saturated heterocycles. The third-order valence-corrected chi connectivity index (χ3v) is 8.00. The van der Waals surface area contributed by atoms with Gasteiger partial charge in [0.25, 0.3) is 21.8 Å². The minimum Gasteiger partial charge on any atom is -0.495 e. The lowest BCUT2D eigenvalue weighted by molar-refractivity contribution is -0.137. The number of nitrogens with one attached hydrogen (secondary N) is 1. The summed E-state index contributed by atoms with van der Waals surface area (Å²) >= 11 is 0. The highest BCUT2D eigenvalue weighted by atomic mass is 32.2. The molecule has 12 heteroatoms. The van der Waals surface area contributed by atoms with Gasteiger partial charge in [-0.05, 0) is 66.6 Å². The largest absolute Gasteiger partial charge is 0.495 e. The number of amides is 2. The summed E-state index contributed by atoms with van der Waals surface area (Å²) in [5.41, 5.74) is 4.08. The Morgan fingerprint density at radius 2 is 1.76 bits per heavy atom. The van der Waals surface area contributed by atoms with Crippen molar-refractivity contribution in [3.8, 4) is 11.5 Å². The maximum atomic E-state index is 13.6. The van der Waals surface area contributed by atoms with Gasteiger partial charge in [0.2, 0.25) is 0 Å². The zero-order valence-corrected chi connectivity index (χ0v) is 23.7. The molecule has 41 heavy (non-hydrogen) atoms. The molecule has 2 amide bonds. The second kappa shape index (κ2) is 13.8. The summed E-state index contributed by atoms with van der Waals surface area (Å²) in [6.45, 7) is 3.37. The number of hydrogen-bond donors (Lipinski definition) is 1. The normalized spacial score (nSPS) is 13.6. The van der Waals surface area contributed by atoms with Gasteiger partial charge in [-0.15, -0.1) is 0 Å². The molecule has 0 aliphatic carbocycles. The highest BCUT2D eigenvalue weighted by molar-refractivity contribution is 7.92. The minimum atomic E-state index is -4.11. The Balaban J connectivity index is 1.40. The van der Waals surface area contributed by atoms with Crippen LogP contribution in [0.1, 0.15) is 11.1 Å². The molecule has 0 radical (unpaired) electrons. The van der Waals surface area contributed by atoms with Crippen LogP contribution in [0.2, 0.25) is 0 Å². The van der Waals surface area contributed by atoms with Crippen molar-refractivity contribution in [2.24, 2.45) is 5.10 Å². The van der Waals surface area contributed by atoms with Gasteiger partial charge in [0, 0.05) is 13.1 Å². The Kier molecular flexibility index (Phi) is 9.93. The predicted molar refractivity (Wildman–Crippen MR) is 154 cm³/mol. The van der Waals surface area contributed by atoms with Crippen LogP contribution in [0.25, 0.3) is 0 Å². The van der Waals surface area contributed by atoms with Crippen LogP contribution >= 0.6 is 0 Å². The minimum absolute atomic E-state index is 0.0359. The van der Waals surface area contributed by atoms with Crippen LogP contribution in [-0.4, -0.2) is 77.9 Å². The van der Waals surface area contributed by atoms with Gasteiger partial charge in [-0.2, -0.15) is 5.10 Å². The quantitative estimate of drug-likeness (QED) is 0.273. The number of aryl methyl sites for hydroxylation is 1. The van der Waals surface area contributed by atoms with Crippen molar-refractivity contribution in [2.45, 2.75) is 11.8 Å². The molecule has 0 bridgehead atoms. The van der Waals surface area contributed by atoms with Crippen molar-refractivity contribution in [2.75, 3.05) is 50.9 Å². The lowest BCUT2D eigenvalue weighted by Crippen LogP contribution is -2.42. The summed E-state index contributed by atoms with van der Waals surface area (Å²) in [4.78, 5) is 26.9. The lowest BCUT2D eigenvalue weighted by atomic mass is 10.2. The van der Waals surface area contributed by atoms with Crippen molar-refractivity contribution >= 4 is 33.7 Å². The van der Waals surface area contributed by atoms with E-state index in [-0.39, 0.29) is 23.1 Å². The fourth-order valence-electron chi connectivity index (χ4n) is 4.06. The smallest absolute Gasteiger partial charge is 0.264 e. The molecule has 3 aromatic rings. The molecule has 0 spiro atoms. The van der Waals surface area contributed by atoms with E-state index in [9.17, 15) is 18.0 Å². The molecule has 3 aromatic carbocycles. The summed E-state index contributed by atoms with van der Waals surface area (Å²) in [6, 6.07) is 19.8. The van der Waals surface area contributed by atoms with E-state index in [1.54, 1.807) is 65.6 Å². The van der Waals surface area contributed by atoms with Gasteiger partial charge in [0.1, 0.15) is 18.0 Å². The van der Waals surface area contributed by atoms with Crippen LogP contribution in [0.15, 0.2) is 82.8 Å². The molecule has 1 heterocycles. The first-order chi connectivity index (χ1) is 19.8. The molecule has 0 atom stereocenters. The van der Waals surface area contributed by atoms with Crippen molar-refractivity contribution < 1.29 is 32.2 Å². The van der Waals surface area contributed by atoms with Crippen LogP contribution in [0.5, 0.6) is 11.5 Å². The van der Waals surface area contributed by atoms with E-state index in [4.69, 9.17) is 14.2 Å². The topological polar surface area (TPSA) is 127 Å². The maximum absolute atomic E-state index is 13.6. The SMILES string of the molecule is COc1ccc(C)cc1N(CC(=O)N/N=C\c1ccc(OCC(=O)N2CCOCC2)cc1)S(=O)(=O)c1ccccc1. The first kappa shape index (κ1) is 29.6. The van der Waals surface area contributed by atoms with Crippen LogP contribution in [0.4, 0.5) is 5.69 Å². The molecule has 4 rings (SSSR count). The molecule has 0 aromatic heterocycles. The average Bonchev–Trinajstić information content (AvgIpc) is 3.00. The molecule has 0 saturated carbocycles. The van der Waals surface area contributed by atoms with Crippen LogP contribution in [0, 0.1) is 6.92 Å². The monoisotopic (exact) mass is 580 g/mol. The van der Waals surface area contributed by atoms with Crippen LogP contribution in [-0.2, 0) is 24.3 Å². The first-order valence-electron chi connectivity index (χ1n) is 12.9. The van der Waals surface area contributed by atoms with Gasteiger partial charge in [0.15, 0.2) is 6.61 Å². The highest BCUT2D eigenvalue weighted by Gasteiger charge is 2.29. The summed E-state index contributed by atoms with van der Waals surface area (Å²) in [5, 5.41) is 3.98. The number of hydrazone groups is 1. The van der Waals surface area contributed by atoms with E-state index in [0.29, 0.717) is 43.4 Å². The summed E-state index contributed by atoms with van der Waals surface area (Å²) in [6.07, 6.45) is 1.42. The number of carbonyl (C=O) groups excluding carboxylic acids is 2. The number of carbonyl (C=O) groups is 2. The summed E-state index contributed by atoms with van der Waals surface area (Å²) in [7, 11) is -2.67. The molecule has 1 N–H and O–H groups in total. The zero-order chi connectivity index (χ0) is 29.2. The number of benzene rings is 3. The van der Waals surface area contributed by atoms with Crippen molar-refractivity contribution in [1.29, 1.82) is 0 Å². The van der Waals surface area contributed by atoms with Gasteiger partial charge < -0.3 is 19.1 Å². The number of methoxy groups -OCH3 is 1. The Morgan fingerprint density at radius 3 is 2.44 bits per heavy atom. The Labute approximate surface area is 239 Å². The number of hydrogen-bond acceptors (Lipinski definition) is 8. The zero-order valence-electron chi connectivity index (χ0n) is 22.9. The molecule has 0 unspecified atom stereocenters. The average molecular weight is 581 g/mol. The highest BCUT2D eigenvalue weighted by Crippen LogP contribution is 2.33. The van der Waals surface area contributed by atoms with E-state index in [2.05, 4.69) is 10.5 Å². The summed E-state index contributed by atoms with van der Waals surface area (Å²) in [5.74, 6) is 0.0705. The van der Waals surface area contributed by atoms with E-state index in [1.165, 1.54) is 25.5 Å². The van der Waals surface area contributed by atoms with Crippen molar-refractivity contribution in [3.63, 3.8) is 0 Å². The lowest BCUT2D eigenvalue weighted by Gasteiger charge is -2.26. The van der Waals surface area contributed by atoms with Gasteiger partial charge >= 0.3 is 0 Å². The van der Waals surface area contributed by atoms with Gasteiger partial charge in [0.05, 0.1) is 37.1 Å². The second-order valence-electron chi connectivity index (χ2n) is 9.14. The first-order valence-corrected chi connectivity index (χ1v) is 14.3. The van der Waals surface area contributed by atoms with Gasteiger partial charge in [-0.3, -0.25) is 13.9 Å². The third-order valence-electron chi connectivity index (χ3n) is 6.23. The Bertz CT molecular complexity index is 1470. The third kappa shape index (κ3) is 7.83. The fourth-order valence-corrected chi connectivity index (χ4v) is 5.50. The molecule has 1 aliphatic heterocycles. The van der Waals surface area contributed by atoms with E-state index >= 15 is 0 Å². The van der Waals surface area contributed by atoms with E-state index < -0.39 is 22.5 Å². The van der Waals surface area contributed by atoms with E-state index in [0.717, 1.165) is 9.87 Å². The summed E-state index contributed by atoms with van der Waals surface area (Å²) < 4.78 is 44.4. The van der Waals surface area contributed by atoms with Crippen LogP contribution < -0.4 is 19.2 Å². The van der Waals surface area contributed by atoms with Crippen molar-refractivity contribution in [1.82, 2.24) is 10.3 Å². The van der Waals surface area contributed by atoms with Gasteiger partial charge in [-0.1, -0.05) is 24.3 Å². The number of rotatable bonds is 11. The number of sulfonamides is 1. The number of nitrogens with zero attached hydrogens (tertiary/aromatic N) is 3. The Morgan fingerprint density at radius 1 is 1.05 bits per heavy atom. The second-order valence-corrected chi connectivity index (χ2v) is 11.0. The van der Waals surface area contributed by atoms with Gasteiger partial charge in [-0.25, -0.2) is 13.8 Å². The van der Waals surface area contributed by atoms with Crippen molar-refractivity contribution in [3.05, 3.63) is 83.9 Å². The molecule has 216 valence electrons. The maximum Gasteiger partial charge on any atom is 0.264 e. The molecular weight excluding hydrogens is 548 g/mol. The number of anilines is 1. The van der Waals surface area contributed by atoms with E-state index in [1.807, 2.05) is 6.92 Å². The number of ether oxygens (including phenoxy) is 3. The fraction of sp³-hybridized carbons (Fsp3) is 0.276. The predicted octanol–water partition coefficient (Wildman–Crippen LogP) is 2.59. The standard InChI is InChI=1S/C29H32N4O7S/c1-22-8-13-27(38-2)26(18-22)33(41(36,37)25-6-4-3-5-7-25)20-28(34)31-30-19-23-9-11-24(12-10-23)40-21-29(35)32-14-16-39-17-15-32/h3-13,18-19H,14-17,20-21H2,1-2H3,(H,31,34)/b30-19-. The molecule has 1 aliphatic rings. The molecule has 11 nitrogen and oxygen atoms in total. The molecule has 1 fully saturated rings. The van der Waals surface area contributed by atoms with Crippen LogP contribution in [0.3, 0.4) is 0 Å². The molecular formula is C29H32N4O7S. The Hall–Kier alpha value is -4.42.